The van der Waals surface area contributed by atoms with Crippen LogP contribution in [0.1, 0.15) is 23.7 Å². The van der Waals surface area contributed by atoms with Crippen molar-refractivity contribution in [1.82, 2.24) is 29.3 Å². The maximum atomic E-state index is 12.2. The summed E-state index contributed by atoms with van der Waals surface area (Å²) in [5.74, 6) is -0.289. The molecule has 0 atom stereocenters. The van der Waals surface area contributed by atoms with Crippen molar-refractivity contribution in [1.29, 1.82) is 0 Å². The Hall–Kier alpha value is -3.01. The normalized spacial score (nSPS) is 11.1. The zero-order valence-corrected chi connectivity index (χ0v) is 13.9. The van der Waals surface area contributed by atoms with Crippen molar-refractivity contribution in [3.05, 3.63) is 34.6 Å². The van der Waals surface area contributed by atoms with Crippen molar-refractivity contribution in [2.24, 2.45) is 0 Å². The summed E-state index contributed by atoms with van der Waals surface area (Å²) in [4.78, 5) is 35.1. The predicted molar refractivity (Wildman–Crippen MR) is 87.7 cm³/mol. The Morgan fingerprint density at radius 3 is 3.00 bits per heavy atom. The molecule has 0 amide bonds. The van der Waals surface area contributed by atoms with Gasteiger partial charge in [-0.3, -0.25) is 9.78 Å². The Morgan fingerprint density at radius 1 is 1.40 bits per heavy atom. The van der Waals surface area contributed by atoms with Crippen LogP contribution in [0.2, 0.25) is 0 Å². The third kappa shape index (κ3) is 3.43. The number of rotatable bonds is 7. The molecule has 0 aromatic carbocycles. The molecule has 0 aliphatic carbocycles. The van der Waals surface area contributed by atoms with Gasteiger partial charge in [-0.25, -0.2) is 14.5 Å². The Labute approximate surface area is 142 Å². The van der Waals surface area contributed by atoms with Crippen LogP contribution in [0.4, 0.5) is 0 Å². The van der Waals surface area contributed by atoms with Crippen LogP contribution in [0, 0.1) is 0 Å². The molecule has 1 N–H and O–H groups in total. The number of nitrogens with one attached hydrogen (secondary N) is 1. The van der Waals surface area contributed by atoms with Crippen molar-refractivity contribution in [2.45, 2.75) is 19.9 Å². The van der Waals surface area contributed by atoms with Gasteiger partial charge in [-0.1, -0.05) is 0 Å². The molecule has 0 radical (unpaired) electrons. The molecule has 0 saturated heterocycles. The first-order chi connectivity index (χ1) is 12.1. The number of aryl methyl sites for hydroxylation is 1. The van der Waals surface area contributed by atoms with Gasteiger partial charge in [0.15, 0.2) is 11.2 Å². The molecule has 132 valence electrons. The number of nitrogens with zero attached hydrogens (tertiary/aromatic N) is 5. The maximum Gasteiger partial charge on any atom is 0.341 e. The number of imidazole rings is 1. The molecule has 0 bridgehead atoms. The van der Waals surface area contributed by atoms with E-state index in [0.29, 0.717) is 18.8 Å². The van der Waals surface area contributed by atoms with Gasteiger partial charge in [0.2, 0.25) is 5.95 Å². The minimum Gasteiger partial charge on any atom is -0.462 e. The van der Waals surface area contributed by atoms with Crippen LogP contribution in [-0.2, 0) is 16.0 Å². The molecule has 3 aromatic rings. The van der Waals surface area contributed by atoms with Gasteiger partial charge in [-0.2, -0.15) is 10.1 Å². The lowest BCUT2D eigenvalue weighted by atomic mass is 10.4. The van der Waals surface area contributed by atoms with Gasteiger partial charge in [0.25, 0.3) is 5.56 Å². The van der Waals surface area contributed by atoms with Gasteiger partial charge in [0.1, 0.15) is 0 Å². The summed E-state index contributed by atoms with van der Waals surface area (Å²) in [7, 11) is 1.63. The van der Waals surface area contributed by atoms with E-state index in [-0.39, 0.29) is 29.2 Å². The number of carbonyl (C=O) groups excluding carboxylic acids is 1. The van der Waals surface area contributed by atoms with Crippen LogP contribution in [0.5, 0.6) is 0 Å². The number of fused-ring (bicyclic) bond motifs is 1. The average molecular weight is 346 g/mol. The smallest absolute Gasteiger partial charge is 0.341 e. The molecule has 0 aliphatic rings. The molecule has 0 fully saturated rings. The Bertz CT molecular complexity index is 941. The second kappa shape index (κ2) is 7.26. The number of esters is 1. The Morgan fingerprint density at radius 2 is 2.24 bits per heavy atom. The van der Waals surface area contributed by atoms with Crippen molar-refractivity contribution >= 4 is 17.1 Å². The second-order valence-electron chi connectivity index (χ2n) is 5.24. The molecule has 3 aromatic heterocycles. The van der Waals surface area contributed by atoms with E-state index < -0.39 is 5.97 Å². The van der Waals surface area contributed by atoms with Crippen LogP contribution in [-0.4, -0.2) is 55.6 Å². The molecule has 3 rings (SSSR count). The number of carbonyl (C=O) groups is 1. The highest BCUT2D eigenvalue weighted by atomic mass is 16.5. The van der Waals surface area contributed by atoms with Crippen LogP contribution < -0.4 is 5.56 Å². The van der Waals surface area contributed by atoms with Gasteiger partial charge in [-0.05, 0) is 13.3 Å². The number of ether oxygens (including phenoxy) is 2. The minimum atomic E-state index is -0.484. The van der Waals surface area contributed by atoms with E-state index in [2.05, 4.69) is 20.1 Å². The summed E-state index contributed by atoms with van der Waals surface area (Å²) in [6, 6.07) is 0. The molecular weight excluding hydrogens is 328 g/mol. The highest BCUT2D eigenvalue weighted by Gasteiger charge is 2.14. The van der Waals surface area contributed by atoms with E-state index >= 15 is 0 Å². The minimum absolute atomic E-state index is 0.196. The van der Waals surface area contributed by atoms with Crippen LogP contribution >= 0.6 is 0 Å². The summed E-state index contributed by atoms with van der Waals surface area (Å²) in [6.07, 6.45) is 5.14. The van der Waals surface area contributed by atoms with Gasteiger partial charge >= 0.3 is 5.97 Å². The lowest BCUT2D eigenvalue weighted by molar-refractivity contribution is 0.0526. The van der Waals surface area contributed by atoms with E-state index in [4.69, 9.17) is 9.47 Å². The molecule has 10 heteroatoms. The zero-order chi connectivity index (χ0) is 17.8. The van der Waals surface area contributed by atoms with Crippen molar-refractivity contribution in [3.8, 4) is 5.95 Å². The molecule has 3 heterocycles. The molecular formula is C15H18N6O4. The molecule has 0 aliphatic heterocycles. The number of hydrogen-bond acceptors (Lipinski definition) is 7. The van der Waals surface area contributed by atoms with E-state index in [1.807, 2.05) is 0 Å². The average Bonchev–Trinajstić information content (AvgIpc) is 3.23. The van der Waals surface area contributed by atoms with Gasteiger partial charge in [-0.15, -0.1) is 0 Å². The van der Waals surface area contributed by atoms with Crippen molar-refractivity contribution in [2.75, 3.05) is 20.3 Å². The van der Waals surface area contributed by atoms with Crippen molar-refractivity contribution in [3.63, 3.8) is 0 Å². The standard InChI is InChI=1S/C15H18N6O4/c1-3-25-14(23)10-7-17-21(8-10)15-18-12-11(13(22)19-15)16-9-20(12)5-4-6-24-2/h7-9H,3-6H2,1-2H3,(H,18,19,22). The molecule has 25 heavy (non-hydrogen) atoms. The largest absolute Gasteiger partial charge is 0.462 e. The number of H-pyrrole nitrogens is 1. The first kappa shape index (κ1) is 16.8. The summed E-state index contributed by atoms with van der Waals surface area (Å²) < 4.78 is 13.1. The third-order valence-electron chi connectivity index (χ3n) is 3.52. The van der Waals surface area contributed by atoms with Gasteiger partial charge in [0, 0.05) is 26.5 Å². The lowest BCUT2D eigenvalue weighted by Crippen LogP contribution is -2.15. The molecule has 0 unspecified atom stereocenters. The molecule has 0 saturated carbocycles. The predicted octanol–water partition coefficient (Wildman–Crippen LogP) is 0.518. The number of aromatic nitrogens is 6. The van der Waals surface area contributed by atoms with E-state index in [1.165, 1.54) is 17.1 Å². The van der Waals surface area contributed by atoms with Crippen LogP contribution in [0.25, 0.3) is 17.1 Å². The Kier molecular flexibility index (Phi) is 4.89. The van der Waals surface area contributed by atoms with Crippen molar-refractivity contribution < 1.29 is 14.3 Å². The first-order valence-electron chi connectivity index (χ1n) is 7.80. The maximum absolute atomic E-state index is 12.2. The second-order valence-corrected chi connectivity index (χ2v) is 5.24. The monoisotopic (exact) mass is 346 g/mol. The fraction of sp³-hybridized carbons (Fsp3) is 0.400. The third-order valence-corrected chi connectivity index (χ3v) is 3.52. The summed E-state index contributed by atoms with van der Waals surface area (Å²) in [6.45, 7) is 3.21. The van der Waals surface area contributed by atoms with E-state index in [0.717, 1.165) is 6.42 Å². The lowest BCUT2D eigenvalue weighted by Gasteiger charge is -2.04. The van der Waals surface area contributed by atoms with Gasteiger partial charge < -0.3 is 14.0 Å². The zero-order valence-electron chi connectivity index (χ0n) is 13.9. The Balaban J connectivity index is 1.95. The molecule has 0 spiro atoms. The number of hydrogen-bond donors (Lipinski definition) is 1. The number of aromatic amines is 1. The van der Waals surface area contributed by atoms with E-state index in [9.17, 15) is 9.59 Å². The number of methoxy groups -OCH3 is 1. The SMILES string of the molecule is CCOC(=O)c1cnn(-c2nc3c(ncn3CCCOC)c(=O)[nH]2)c1. The van der Waals surface area contributed by atoms with Crippen LogP contribution in [0.15, 0.2) is 23.5 Å². The summed E-state index contributed by atoms with van der Waals surface area (Å²) in [5, 5.41) is 4.06. The highest BCUT2D eigenvalue weighted by molar-refractivity contribution is 5.88. The first-order valence-corrected chi connectivity index (χ1v) is 7.80. The summed E-state index contributed by atoms with van der Waals surface area (Å²) >= 11 is 0. The summed E-state index contributed by atoms with van der Waals surface area (Å²) in [5.41, 5.74) is 0.596. The molecule has 10 nitrogen and oxygen atoms in total. The quantitative estimate of drug-likeness (QED) is 0.489. The van der Waals surface area contributed by atoms with E-state index in [1.54, 1.807) is 24.9 Å². The fourth-order valence-corrected chi connectivity index (χ4v) is 2.35. The fourth-order valence-electron chi connectivity index (χ4n) is 2.35. The highest BCUT2D eigenvalue weighted by Crippen LogP contribution is 2.10. The van der Waals surface area contributed by atoms with Gasteiger partial charge in [0.05, 0.1) is 24.7 Å². The topological polar surface area (TPSA) is 117 Å². The van der Waals surface area contributed by atoms with Crippen LogP contribution in [0.3, 0.4) is 0 Å².